The lowest BCUT2D eigenvalue weighted by molar-refractivity contribution is 0.224. The van der Waals surface area contributed by atoms with E-state index in [-0.39, 0.29) is 0 Å². The molecule has 0 aliphatic rings. The summed E-state index contributed by atoms with van der Waals surface area (Å²) in [6.45, 7) is 8.35. The zero-order valence-corrected chi connectivity index (χ0v) is 11.6. The minimum atomic E-state index is -0.456. The Morgan fingerprint density at radius 1 is 1.00 bits per heavy atom. The van der Waals surface area contributed by atoms with Crippen LogP contribution in [-0.2, 0) is 0 Å². The molecule has 86 valence electrons. The van der Waals surface area contributed by atoms with Crippen molar-refractivity contribution in [2.75, 3.05) is 0 Å². The van der Waals surface area contributed by atoms with Crippen LogP contribution in [0.1, 0.15) is 36.7 Å². The number of aryl methyl sites for hydroxylation is 4. The van der Waals surface area contributed by atoms with Gasteiger partial charge in [-0.3, -0.25) is 0 Å². The van der Waals surface area contributed by atoms with Gasteiger partial charge in [-0.15, -0.1) is 22.7 Å². The maximum Gasteiger partial charge on any atom is 0.114 e. The second-order valence-electron chi connectivity index (χ2n) is 4.16. The van der Waals surface area contributed by atoms with Crippen molar-refractivity contribution >= 4 is 22.7 Å². The second-order valence-corrected chi connectivity index (χ2v) is 6.91. The largest absolute Gasteiger partial charge is 0.383 e. The van der Waals surface area contributed by atoms with E-state index >= 15 is 0 Å². The monoisotopic (exact) mass is 252 g/mol. The summed E-state index contributed by atoms with van der Waals surface area (Å²) in [5, 5.41) is 10.3. The molecule has 1 unspecified atom stereocenters. The summed E-state index contributed by atoms with van der Waals surface area (Å²) in [5.74, 6) is 0. The highest BCUT2D eigenvalue weighted by Gasteiger charge is 2.17. The van der Waals surface area contributed by atoms with Gasteiger partial charge in [-0.05, 0) is 51.0 Å². The van der Waals surface area contributed by atoms with Crippen molar-refractivity contribution in [3.8, 4) is 0 Å². The molecule has 0 aliphatic heterocycles. The van der Waals surface area contributed by atoms with Crippen LogP contribution in [0.15, 0.2) is 12.1 Å². The normalized spacial score (nSPS) is 13.1. The Balaban J connectivity index is 2.38. The third-order valence-corrected chi connectivity index (χ3v) is 5.02. The molecule has 0 fully saturated rings. The summed E-state index contributed by atoms with van der Waals surface area (Å²) in [5.41, 5.74) is 2.33. The Kier molecular flexibility index (Phi) is 3.19. The highest BCUT2D eigenvalue weighted by Crippen LogP contribution is 2.34. The van der Waals surface area contributed by atoms with Crippen LogP contribution in [0.4, 0.5) is 0 Å². The molecule has 0 bridgehead atoms. The van der Waals surface area contributed by atoms with Crippen molar-refractivity contribution < 1.29 is 5.11 Å². The molecule has 1 atom stereocenters. The van der Waals surface area contributed by atoms with Gasteiger partial charge in [0.05, 0.1) is 0 Å². The standard InChI is InChI=1S/C13H16OS2/c1-7-5-12(16-9(7)3)13(14)11-6-8(2)15-10(11)4/h5-6,13-14H,1-4H3. The number of hydrogen-bond donors (Lipinski definition) is 1. The van der Waals surface area contributed by atoms with Gasteiger partial charge in [0.25, 0.3) is 0 Å². The molecule has 0 radical (unpaired) electrons. The molecule has 0 spiro atoms. The lowest BCUT2D eigenvalue weighted by Gasteiger charge is -2.07. The first-order valence-corrected chi connectivity index (χ1v) is 6.94. The van der Waals surface area contributed by atoms with E-state index < -0.39 is 6.10 Å². The van der Waals surface area contributed by atoms with E-state index in [1.54, 1.807) is 22.7 Å². The predicted molar refractivity (Wildman–Crippen MR) is 71.6 cm³/mol. The van der Waals surface area contributed by atoms with Crippen molar-refractivity contribution in [1.82, 2.24) is 0 Å². The topological polar surface area (TPSA) is 20.2 Å². The highest BCUT2D eigenvalue weighted by atomic mass is 32.1. The third kappa shape index (κ3) is 2.08. The fraction of sp³-hybridized carbons (Fsp3) is 0.385. The molecule has 0 aromatic carbocycles. The molecule has 0 saturated carbocycles. The smallest absolute Gasteiger partial charge is 0.114 e. The quantitative estimate of drug-likeness (QED) is 0.852. The lowest BCUT2D eigenvalue weighted by atomic mass is 10.1. The summed E-state index contributed by atoms with van der Waals surface area (Å²) in [6, 6.07) is 4.19. The first-order chi connectivity index (χ1) is 7.49. The number of thiophene rings is 2. The van der Waals surface area contributed by atoms with E-state index in [0.717, 1.165) is 10.4 Å². The first kappa shape index (κ1) is 11.8. The van der Waals surface area contributed by atoms with E-state index in [4.69, 9.17) is 0 Å². The molecular weight excluding hydrogens is 236 g/mol. The van der Waals surface area contributed by atoms with Gasteiger partial charge in [0.15, 0.2) is 0 Å². The summed E-state index contributed by atoms with van der Waals surface area (Å²) in [6.07, 6.45) is -0.456. The van der Waals surface area contributed by atoms with Crippen LogP contribution in [0, 0.1) is 27.7 Å². The lowest BCUT2D eigenvalue weighted by Crippen LogP contribution is -1.96. The molecule has 2 aromatic heterocycles. The van der Waals surface area contributed by atoms with Crippen LogP contribution in [0.3, 0.4) is 0 Å². The van der Waals surface area contributed by atoms with Gasteiger partial charge >= 0.3 is 0 Å². The Morgan fingerprint density at radius 2 is 1.69 bits per heavy atom. The van der Waals surface area contributed by atoms with Crippen LogP contribution in [0.25, 0.3) is 0 Å². The van der Waals surface area contributed by atoms with E-state index in [1.165, 1.54) is 20.2 Å². The average Bonchev–Trinajstić information content (AvgIpc) is 2.70. The SMILES string of the molecule is Cc1cc(C(O)c2cc(C)c(C)s2)c(C)s1. The van der Waals surface area contributed by atoms with Gasteiger partial charge in [-0.2, -0.15) is 0 Å². The van der Waals surface area contributed by atoms with Crippen LogP contribution in [-0.4, -0.2) is 5.11 Å². The Labute approximate surface area is 104 Å². The van der Waals surface area contributed by atoms with E-state index in [2.05, 4.69) is 39.8 Å². The summed E-state index contributed by atoms with van der Waals surface area (Å²) in [7, 11) is 0. The number of hydrogen-bond acceptors (Lipinski definition) is 3. The molecule has 0 aliphatic carbocycles. The zero-order chi connectivity index (χ0) is 11.9. The van der Waals surface area contributed by atoms with Crippen LogP contribution in [0.5, 0.6) is 0 Å². The van der Waals surface area contributed by atoms with Crippen molar-refractivity contribution in [1.29, 1.82) is 0 Å². The molecule has 2 heterocycles. The maximum atomic E-state index is 10.3. The van der Waals surface area contributed by atoms with Gasteiger partial charge in [0.2, 0.25) is 0 Å². The van der Waals surface area contributed by atoms with Crippen molar-refractivity contribution in [3.05, 3.63) is 42.8 Å². The Hall–Kier alpha value is -0.640. The number of aliphatic hydroxyl groups excluding tert-OH is 1. The second kappa shape index (κ2) is 4.32. The highest BCUT2D eigenvalue weighted by molar-refractivity contribution is 7.12. The molecule has 1 N–H and O–H groups in total. The number of aliphatic hydroxyl groups is 1. The molecule has 2 rings (SSSR count). The molecule has 3 heteroatoms. The van der Waals surface area contributed by atoms with Crippen molar-refractivity contribution in [2.24, 2.45) is 0 Å². The Bertz CT molecular complexity index is 488. The fourth-order valence-corrected chi connectivity index (χ4v) is 3.82. The summed E-state index contributed by atoms with van der Waals surface area (Å²) >= 11 is 3.44. The molecule has 2 aromatic rings. The van der Waals surface area contributed by atoms with Gasteiger partial charge in [-0.25, -0.2) is 0 Å². The van der Waals surface area contributed by atoms with E-state index in [9.17, 15) is 5.11 Å². The maximum absolute atomic E-state index is 10.3. The summed E-state index contributed by atoms with van der Waals surface area (Å²) < 4.78 is 0. The third-order valence-electron chi connectivity index (χ3n) is 2.83. The van der Waals surface area contributed by atoms with Crippen LogP contribution in [0.2, 0.25) is 0 Å². The molecule has 0 saturated heterocycles. The van der Waals surface area contributed by atoms with Gasteiger partial charge in [-0.1, -0.05) is 0 Å². The average molecular weight is 252 g/mol. The predicted octanol–water partition coefficient (Wildman–Crippen LogP) is 4.12. The molecule has 1 nitrogen and oxygen atoms in total. The first-order valence-electron chi connectivity index (χ1n) is 5.31. The minimum Gasteiger partial charge on any atom is -0.383 e. The number of rotatable bonds is 2. The fourth-order valence-electron chi connectivity index (χ4n) is 1.81. The van der Waals surface area contributed by atoms with E-state index in [0.29, 0.717) is 0 Å². The van der Waals surface area contributed by atoms with Gasteiger partial charge in [0, 0.05) is 19.5 Å². The minimum absolute atomic E-state index is 0.456. The molecule has 0 amide bonds. The molecular formula is C13H16OS2. The van der Waals surface area contributed by atoms with Gasteiger partial charge < -0.3 is 5.11 Å². The van der Waals surface area contributed by atoms with Crippen LogP contribution >= 0.6 is 22.7 Å². The summed E-state index contributed by atoms with van der Waals surface area (Å²) in [4.78, 5) is 4.82. The van der Waals surface area contributed by atoms with E-state index in [1.807, 2.05) is 0 Å². The zero-order valence-electron chi connectivity index (χ0n) is 10.00. The van der Waals surface area contributed by atoms with Crippen molar-refractivity contribution in [3.63, 3.8) is 0 Å². The van der Waals surface area contributed by atoms with Crippen LogP contribution < -0.4 is 0 Å². The van der Waals surface area contributed by atoms with Crippen molar-refractivity contribution in [2.45, 2.75) is 33.8 Å². The van der Waals surface area contributed by atoms with Gasteiger partial charge in [0.1, 0.15) is 6.10 Å². The molecule has 16 heavy (non-hydrogen) atoms. The Morgan fingerprint density at radius 3 is 2.12 bits per heavy atom.